The van der Waals surface area contributed by atoms with Crippen LogP contribution in [-0.4, -0.2) is 22.2 Å². The molecule has 0 bridgehead atoms. The molecule has 1 aliphatic carbocycles. The van der Waals surface area contributed by atoms with Crippen LogP contribution < -0.4 is 5.32 Å². The quantitative estimate of drug-likeness (QED) is 0.661. The van der Waals surface area contributed by atoms with Crippen molar-refractivity contribution in [3.05, 3.63) is 33.9 Å². The number of rotatable bonds is 4. The van der Waals surface area contributed by atoms with Crippen molar-refractivity contribution in [3.8, 4) is 0 Å². The lowest BCUT2D eigenvalue weighted by molar-refractivity contribution is -0.386. The second-order valence-electron chi connectivity index (χ2n) is 5.80. The molecule has 0 aliphatic heterocycles. The van der Waals surface area contributed by atoms with Crippen LogP contribution in [0, 0.1) is 27.7 Å². The Balaban J connectivity index is 2.14. The van der Waals surface area contributed by atoms with Gasteiger partial charge in [-0.15, -0.1) is 0 Å². The fourth-order valence-corrected chi connectivity index (χ4v) is 2.62. The van der Waals surface area contributed by atoms with Crippen LogP contribution in [0.15, 0.2) is 12.1 Å². The van der Waals surface area contributed by atoms with Crippen molar-refractivity contribution in [2.24, 2.45) is 5.92 Å². The Morgan fingerprint density at radius 2 is 2.05 bits per heavy atom. The number of halogens is 2. The van der Waals surface area contributed by atoms with Crippen molar-refractivity contribution in [2.75, 3.05) is 11.9 Å². The molecule has 0 spiro atoms. The maximum absolute atomic E-state index is 13.5. The van der Waals surface area contributed by atoms with Crippen LogP contribution in [-0.2, 0) is 0 Å². The van der Waals surface area contributed by atoms with E-state index < -0.39 is 27.8 Å². The molecule has 2 N–H and O–H groups in total. The number of hydrogen-bond donors (Lipinski definition) is 2. The Kier molecular flexibility index (Phi) is 4.41. The highest BCUT2D eigenvalue weighted by Gasteiger charge is 2.32. The average molecular weight is 300 g/mol. The second-order valence-corrected chi connectivity index (χ2v) is 5.80. The highest BCUT2D eigenvalue weighted by Crippen LogP contribution is 2.34. The number of hydrogen-bond acceptors (Lipinski definition) is 4. The number of nitro benzene ring substituents is 1. The fourth-order valence-electron chi connectivity index (χ4n) is 2.62. The lowest BCUT2D eigenvalue weighted by atomic mass is 9.79. The van der Waals surface area contributed by atoms with Crippen LogP contribution in [0.4, 0.5) is 20.2 Å². The Hall–Kier alpha value is -1.76. The minimum atomic E-state index is -1.23. The Bertz CT molecular complexity index is 543. The van der Waals surface area contributed by atoms with Gasteiger partial charge in [-0.1, -0.05) is 6.92 Å². The van der Waals surface area contributed by atoms with E-state index in [1.54, 1.807) is 0 Å². The average Bonchev–Trinajstić information content (AvgIpc) is 2.39. The summed E-state index contributed by atoms with van der Waals surface area (Å²) in [4.78, 5) is 9.97. The topological polar surface area (TPSA) is 75.4 Å². The normalized spacial score (nSPS) is 25.6. The third kappa shape index (κ3) is 3.66. The number of anilines is 1. The third-order valence-corrected chi connectivity index (χ3v) is 4.02. The Morgan fingerprint density at radius 3 is 2.62 bits per heavy atom. The molecule has 1 aromatic carbocycles. The van der Waals surface area contributed by atoms with Gasteiger partial charge in [-0.25, -0.2) is 4.39 Å². The van der Waals surface area contributed by atoms with Crippen molar-refractivity contribution in [1.29, 1.82) is 0 Å². The van der Waals surface area contributed by atoms with Crippen molar-refractivity contribution < 1.29 is 18.8 Å². The summed E-state index contributed by atoms with van der Waals surface area (Å²) >= 11 is 0. The molecule has 1 saturated carbocycles. The van der Waals surface area contributed by atoms with E-state index in [9.17, 15) is 24.0 Å². The van der Waals surface area contributed by atoms with Gasteiger partial charge in [-0.3, -0.25) is 10.1 Å². The fraction of sp³-hybridized carbons (Fsp3) is 0.571. The first-order valence-corrected chi connectivity index (χ1v) is 6.90. The molecular formula is C14H18F2N2O3. The van der Waals surface area contributed by atoms with Gasteiger partial charge in [-0.05, 0) is 31.6 Å². The van der Waals surface area contributed by atoms with Crippen LogP contribution in [0.3, 0.4) is 0 Å². The first-order valence-electron chi connectivity index (χ1n) is 6.90. The SMILES string of the molecule is CC1CCC(O)(CNc2cc(F)cc(F)c2[N+](=O)[O-])CC1. The molecule has 0 aromatic heterocycles. The van der Waals surface area contributed by atoms with Crippen LogP contribution in [0.5, 0.6) is 0 Å². The van der Waals surface area contributed by atoms with Crippen molar-refractivity contribution in [3.63, 3.8) is 0 Å². The lowest BCUT2D eigenvalue weighted by Gasteiger charge is -2.35. The zero-order valence-electron chi connectivity index (χ0n) is 11.7. The monoisotopic (exact) mass is 300 g/mol. The zero-order chi connectivity index (χ0) is 15.6. The molecule has 0 radical (unpaired) electrons. The van der Waals surface area contributed by atoms with Crippen molar-refractivity contribution in [1.82, 2.24) is 0 Å². The van der Waals surface area contributed by atoms with Crippen LogP contribution in [0.2, 0.25) is 0 Å². The van der Waals surface area contributed by atoms with Crippen molar-refractivity contribution in [2.45, 2.75) is 38.2 Å². The van der Waals surface area contributed by atoms with Gasteiger partial charge < -0.3 is 10.4 Å². The summed E-state index contributed by atoms with van der Waals surface area (Å²) in [5.41, 5.74) is -2.04. The van der Waals surface area contributed by atoms with Crippen LogP contribution >= 0.6 is 0 Å². The molecule has 1 aliphatic rings. The molecular weight excluding hydrogens is 282 g/mol. The predicted octanol–water partition coefficient (Wildman–Crippen LogP) is 3.23. The molecule has 0 heterocycles. The van der Waals surface area contributed by atoms with E-state index in [0.29, 0.717) is 24.8 Å². The molecule has 7 heteroatoms. The molecule has 0 saturated heterocycles. The smallest absolute Gasteiger partial charge is 0.327 e. The minimum Gasteiger partial charge on any atom is -0.388 e. The summed E-state index contributed by atoms with van der Waals surface area (Å²) in [7, 11) is 0. The maximum atomic E-state index is 13.5. The number of nitrogens with zero attached hydrogens (tertiary/aromatic N) is 1. The maximum Gasteiger partial charge on any atom is 0.327 e. The summed E-state index contributed by atoms with van der Waals surface area (Å²) < 4.78 is 26.7. The van der Waals surface area contributed by atoms with E-state index in [1.165, 1.54) is 0 Å². The highest BCUT2D eigenvalue weighted by molar-refractivity contribution is 5.62. The number of aliphatic hydroxyl groups is 1. The second kappa shape index (κ2) is 5.93. The van der Waals surface area contributed by atoms with Gasteiger partial charge in [0.25, 0.3) is 0 Å². The van der Waals surface area contributed by atoms with E-state index >= 15 is 0 Å². The molecule has 5 nitrogen and oxygen atoms in total. The molecule has 0 atom stereocenters. The molecule has 0 unspecified atom stereocenters. The largest absolute Gasteiger partial charge is 0.388 e. The molecule has 116 valence electrons. The van der Waals surface area contributed by atoms with Gasteiger partial charge in [0.05, 0.1) is 10.5 Å². The van der Waals surface area contributed by atoms with Gasteiger partial charge in [0, 0.05) is 18.7 Å². The van der Waals surface area contributed by atoms with E-state index in [4.69, 9.17) is 0 Å². The molecule has 21 heavy (non-hydrogen) atoms. The number of benzene rings is 1. The molecule has 0 amide bonds. The van der Waals surface area contributed by atoms with Crippen LogP contribution in [0.1, 0.15) is 32.6 Å². The van der Waals surface area contributed by atoms with Gasteiger partial charge in [0.2, 0.25) is 5.82 Å². The van der Waals surface area contributed by atoms with E-state index in [2.05, 4.69) is 12.2 Å². The Morgan fingerprint density at radius 1 is 1.43 bits per heavy atom. The third-order valence-electron chi connectivity index (χ3n) is 4.02. The van der Waals surface area contributed by atoms with Crippen molar-refractivity contribution >= 4 is 11.4 Å². The van der Waals surface area contributed by atoms with Gasteiger partial charge in [0.1, 0.15) is 11.5 Å². The molecule has 2 rings (SSSR count). The summed E-state index contributed by atoms with van der Waals surface area (Å²) in [6.45, 7) is 2.13. The summed E-state index contributed by atoms with van der Waals surface area (Å²) in [6, 6.07) is 1.34. The lowest BCUT2D eigenvalue weighted by Crippen LogP contribution is -2.40. The van der Waals surface area contributed by atoms with E-state index in [-0.39, 0.29) is 12.2 Å². The number of nitro groups is 1. The summed E-state index contributed by atoms with van der Waals surface area (Å²) in [6.07, 6.45) is 2.84. The standard InChI is InChI=1S/C14H18F2N2O3/c1-9-2-4-14(19,5-3-9)8-17-12-7-10(15)6-11(16)13(12)18(20)21/h6-7,9,17,19H,2-5,8H2,1H3. The zero-order valence-corrected chi connectivity index (χ0v) is 11.7. The van der Waals surface area contributed by atoms with Gasteiger partial charge in [-0.2, -0.15) is 4.39 Å². The predicted molar refractivity (Wildman–Crippen MR) is 74.1 cm³/mol. The van der Waals surface area contributed by atoms with E-state index in [1.807, 2.05) is 0 Å². The highest BCUT2D eigenvalue weighted by atomic mass is 19.1. The first kappa shape index (κ1) is 15.6. The van der Waals surface area contributed by atoms with Gasteiger partial charge >= 0.3 is 5.69 Å². The van der Waals surface area contributed by atoms with E-state index in [0.717, 1.165) is 18.9 Å². The Labute approximate surface area is 121 Å². The van der Waals surface area contributed by atoms with Gasteiger partial charge in [0.15, 0.2) is 0 Å². The molecule has 1 aromatic rings. The summed E-state index contributed by atoms with van der Waals surface area (Å²) in [5.74, 6) is -1.59. The summed E-state index contributed by atoms with van der Waals surface area (Å²) in [5, 5.41) is 23.9. The minimum absolute atomic E-state index is 0.0312. The molecule has 1 fully saturated rings. The number of nitrogens with one attached hydrogen (secondary N) is 1. The first-order chi connectivity index (χ1) is 9.81. The van der Waals surface area contributed by atoms with Crippen LogP contribution in [0.25, 0.3) is 0 Å².